The summed E-state index contributed by atoms with van der Waals surface area (Å²) in [6, 6.07) is 0. The summed E-state index contributed by atoms with van der Waals surface area (Å²) in [5.74, 6) is 0. The van der Waals surface area contributed by atoms with Crippen molar-refractivity contribution in [1.29, 1.82) is 0 Å². The Hall–Kier alpha value is -0.200. The number of rotatable bonds is 13. The number of unbranched alkanes of at least 4 members (excludes halogenated alkanes) is 3. The summed E-state index contributed by atoms with van der Waals surface area (Å²) in [5, 5.41) is 10.3. The maximum Gasteiger partial charge on any atom is 0.115 e. The molecule has 0 radical (unpaired) electrons. The molecule has 1 fully saturated rings. The fourth-order valence-corrected chi connectivity index (χ4v) is 2.57. The quantitative estimate of drug-likeness (QED) is 0.526. The molecule has 0 aromatic heterocycles. The van der Waals surface area contributed by atoms with E-state index in [4.69, 9.17) is 18.9 Å². The van der Waals surface area contributed by atoms with E-state index < -0.39 is 6.10 Å². The van der Waals surface area contributed by atoms with Gasteiger partial charge in [0.1, 0.15) is 24.4 Å². The van der Waals surface area contributed by atoms with Crippen molar-refractivity contribution < 1.29 is 24.1 Å². The van der Waals surface area contributed by atoms with Crippen molar-refractivity contribution in [3.05, 3.63) is 0 Å². The van der Waals surface area contributed by atoms with Crippen LogP contribution in [0.3, 0.4) is 0 Å². The Balaban J connectivity index is 2.57. The van der Waals surface area contributed by atoms with Gasteiger partial charge in [-0.05, 0) is 19.3 Å². The smallest absolute Gasteiger partial charge is 0.115 e. The van der Waals surface area contributed by atoms with E-state index in [0.717, 1.165) is 45.1 Å². The maximum absolute atomic E-state index is 10.3. The normalized spacial score (nSPS) is 28.2. The molecule has 1 saturated heterocycles. The molecule has 1 aliphatic rings. The van der Waals surface area contributed by atoms with Crippen molar-refractivity contribution in [2.75, 3.05) is 33.0 Å². The minimum atomic E-state index is -0.634. The molecular weight excluding hydrogens is 296 g/mol. The van der Waals surface area contributed by atoms with Gasteiger partial charge >= 0.3 is 0 Å². The highest BCUT2D eigenvalue weighted by Crippen LogP contribution is 2.23. The first-order valence-electron chi connectivity index (χ1n) is 9.35. The van der Waals surface area contributed by atoms with E-state index >= 15 is 0 Å². The van der Waals surface area contributed by atoms with Crippen molar-refractivity contribution in [3.8, 4) is 0 Å². The van der Waals surface area contributed by atoms with Crippen molar-refractivity contribution in [2.45, 2.75) is 83.7 Å². The second kappa shape index (κ2) is 13.1. The lowest BCUT2D eigenvalue weighted by atomic mass is 9.99. The van der Waals surface area contributed by atoms with Gasteiger partial charge < -0.3 is 24.1 Å². The van der Waals surface area contributed by atoms with Crippen LogP contribution in [0.25, 0.3) is 0 Å². The van der Waals surface area contributed by atoms with Crippen LogP contribution in [-0.4, -0.2) is 62.6 Å². The standard InChI is InChI=1S/C18H36O5/c1-4-7-10-20-14-16-18(22-12-9-6-3)17(15(19)13-23-16)21-11-8-5-2/h15-19H,4-14H2,1-3H3/t15-,16+,17-,18-/m1/s1. The predicted molar refractivity (Wildman–Crippen MR) is 90.8 cm³/mol. The van der Waals surface area contributed by atoms with Crippen LogP contribution in [0.4, 0.5) is 0 Å². The zero-order valence-electron chi connectivity index (χ0n) is 15.2. The van der Waals surface area contributed by atoms with Gasteiger partial charge in [-0.3, -0.25) is 0 Å². The molecule has 1 N–H and O–H groups in total. The minimum Gasteiger partial charge on any atom is -0.388 e. The van der Waals surface area contributed by atoms with E-state index in [9.17, 15) is 5.11 Å². The van der Waals surface area contributed by atoms with Crippen LogP contribution in [-0.2, 0) is 18.9 Å². The van der Waals surface area contributed by atoms with Crippen LogP contribution in [0, 0.1) is 0 Å². The number of ether oxygens (including phenoxy) is 4. The highest BCUT2D eigenvalue weighted by Gasteiger charge is 2.41. The van der Waals surface area contributed by atoms with E-state index in [-0.39, 0.29) is 24.9 Å². The van der Waals surface area contributed by atoms with Crippen molar-refractivity contribution in [3.63, 3.8) is 0 Å². The molecule has 0 bridgehead atoms. The van der Waals surface area contributed by atoms with Crippen molar-refractivity contribution >= 4 is 0 Å². The molecule has 23 heavy (non-hydrogen) atoms. The largest absolute Gasteiger partial charge is 0.388 e. The lowest BCUT2D eigenvalue weighted by molar-refractivity contribution is -0.228. The molecule has 138 valence electrons. The van der Waals surface area contributed by atoms with Crippen LogP contribution in [0.2, 0.25) is 0 Å². The predicted octanol–water partition coefficient (Wildman–Crippen LogP) is 2.93. The third-order valence-electron chi connectivity index (χ3n) is 4.09. The Kier molecular flexibility index (Phi) is 11.9. The molecule has 0 amide bonds. The Bertz CT molecular complexity index is 274. The minimum absolute atomic E-state index is 0.168. The van der Waals surface area contributed by atoms with Gasteiger partial charge in [-0.2, -0.15) is 0 Å². The third kappa shape index (κ3) is 7.94. The van der Waals surface area contributed by atoms with Crippen LogP contribution in [0.15, 0.2) is 0 Å². The molecule has 5 nitrogen and oxygen atoms in total. The van der Waals surface area contributed by atoms with Crippen LogP contribution >= 0.6 is 0 Å². The molecule has 5 heteroatoms. The summed E-state index contributed by atoms with van der Waals surface area (Å²) < 4.78 is 23.4. The first-order valence-corrected chi connectivity index (χ1v) is 9.35. The third-order valence-corrected chi connectivity index (χ3v) is 4.09. The molecule has 0 aromatic rings. The van der Waals surface area contributed by atoms with Gasteiger partial charge in [-0.25, -0.2) is 0 Å². The highest BCUT2D eigenvalue weighted by molar-refractivity contribution is 4.89. The zero-order chi connectivity index (χ0) is 16.9. The second-order valence-corrected chi connectivity index (χ2v) is 6.25. The fraction of sp³-hybridized carbons (Fsp3) is 1.00. The average Bonchev–Trinajstić information content (AvgIpc) is 2.55. The Morgan fingerprint density at radius 3 is 2.04 bits per heavy atom. The molecule has 1 rings (SSSR count). The molecule has 0 unspecified atom stereocenters. The van der Waals surface area contributed by atoms with Crippen LogP contribution in [0.5, 0.6) is 0 Å². The molecule has 1 aliphatic heterocycles. The van der Waals surface area contributed by atoms with Crippen LogP contribution in [0.1, 0.15) is 59.3 Å². The van der Waals surface area contributed by atoms with Gasteiger partial charge in [0.15, 0.2) is 0 Å². The van der Waals surface area contributed by atoms with Gasteiger partial charge in [-0.1, -0.05) is 40.0 Å². The number of aliphatic hydroxyl groups is 1. The first-order chi connectivity index (χ1) is 11.2. The van der Waals surface area contributed by atoms with Gasteiger partial charge in [0.2, 0.25) is 0 Å². The molecule has 0 spiro atoms. The van der Waals surface area contributed by atoms with Gasteiger partial charge in [0.25, 0.3) is 0 Å². The van der Waals surface area contributed by atoms with E-state index in [2.05, 4.69) is 20.8 Å². The monoisotopic (exact) mass is 332 g/mol. The summed E-state index contributed by atoms with van der Waals surface area (Å²) >= 11 is 0. The topological polar surface area (TPSA) is 57.2 Å². The number of aliphatic hydroxyl groups excluding tert-OH is 1. The van der Waals surface area contributed by atoms with Gasteiger partial charge in [0.05, 0.1) is 13.2 Å². The van der Waals surface area contributed by atoms with Crippen molar-refractivity contribution in [1.82, 2.24) is 0 Å². The number of hydrogen-bond donors (Lipinski definition) is 1. The Labute approximate surface area is 141 Å². The SMILES string of the molecule is CCCCOC[C@@H]1OC[C@@H](O)[C@@H](OCCCC)[C@@H]1OCCCC. The molecule has 4 atom stereocenters. The number of hydrogen-bond acceptors (Lipinski definition) is 5. The van der Waals surface area contributed by atoms with E-state index in [1.165, 1.54) is 0 Å². The lowest BCUT2D eigenvalue weighted by Gasteiger charge is -2.40. The van der Waals surface area contributed by atoms with E-state index in [1.54, 1.807) is 0 Å². The molecular formula is C18H36O5. The molecule has 0 saturated carbocycles. The van der Waals surface area contributed by atoms with Gasteiger partial charge in [0, 0.05) is 19.8 Å². The second-order valence-electron chi connectivity index (χ2n) is 6.25. The highest BCUT2D eigenvalue weighted by atomic mass is 16.6. The molecule has 1 heterocycles. The van der Waals surface area contributed by atoms with Gasteiger partial charge in [-0.15, -0.1) is 0 Å². The summed E-state index contributed by atoms with van der Waals surface area (Å²) in [7, 11) is 0. The summed E-state index contributed by atoms with van der Waals surface area (Å²) in [6.07, 6.45) is 4.91. The summed E-state index contributed by atoms with van der Waals surface area (Å²) in [5.41, 5.74) is 0. The summed E-state index contributed by atoms with van der Waals surface area (Å²) in [4.78, 5) is 0. The van der Waals surface area contributed by atoms with E-state index in [0.29, 0.717) is 19.8 Å². The average molecular weight is 332 g/mol. The van der Waals surface area contributed by atoms with E-state index in [1.807, 2.05) is 0 Å². The first kappa shape index (κ1) is 20.8. The Morgan fingerprint density at radius 2 is 1.43 bits per heavy atom. The van der Waals surface area contributed by atoms with Crippen LogP contribution < -0.4 is 0 Å². The zero-order valence-corrected chi connectivity index (χ0v) is 15.2. The van der Waals surface area contributed by atoms with Crippen molar-refractivity contribution in [2.24, 2.45) is 0 Å². The molecule has 0 aromatic carbocycles. The fourth-order valence-electron chi connectivity index (χ4n) is 2.57. The lowest BCUT2D eigenvalue weighted by Crippen LogP contribution is -2.56. The maximum atomic E-state index is 10.3. The Morgan fingerprint density at radius 1 is 0.870 bits per heavy atom. The summed E-state index contributed by atoms with van der Waals surface area (Å²) in [6.45, 7) is 9.24. The molecule has 0 aliphatic carbocycles.